The molecule has 0 bridgehead atoms. The molecule has 1 fully saturated rings. The molecule has 2 unspecified atom stereocenters. The topological polar surface area (TPSA) is 58.6 Å². The molecule has 1 aromatic carbocycles. The quantitative estimate of drug-likeness (QED) is 0.752. The van der Waals surface area contributed by atoms with Gasteiger partial charge in [0.05, 0.1) is 24.3 Å². The third-order valence-corrected chi connectivity index (χ3v) is 4.51. The molecule has 0 spiro atoms. The maximum absolute atomic E-state index is 13.0. The highest BCUT2D eigenvalue weighted by Crippen LogP contribution is 2.25. The summed E-state index contributed by atoms with van der Waals surface area (Å²) in [5, 5.41) is 2.87. The summed E-state index contributed by atoms with van der Waals surface area (Å²) in [6.07, 6.45) is 1.44. The van der Waals surface area contributed by atoms with Crippen LogP contribution < -0.4 is 5.32 Å². The van der Waals surface area contributed by atoms with Crippen LogP contribution in [-0.2, 0) is 9.53 Å². The fourth-order valence-corrected chi connectivity index (χ4v) is 3.47. The number of anilines is 1. The molecule has 1 aliphatic heterocycles. The fourth-order valence-electron chi connectivity index (χ4n) is 3.47. The van der Waals surface area contributed by atoms with Gasteiger partial charge in [0.2, 0.25) is 5.91 Å². The Balaban J connectivity index is 1.98. The van der Waals surface area contributed by atoms with E-state index in [2.05, 4.69) is 33.0 Å². The standard InChI is InChI=1S/C21H32N2O3/c1-15(2)14-26-10-9-20(24)22-19-8-6-5-7-18(19)21(25)23-12-16(3)11-17(4)13-23/h5-8,15-17H,9-14H2,1-4H3,(H,22,24). The number of rotatable bonds is 7. The largest absolute Gasteiger partial charge is 0.381 e. The van der Waals surface area contributed by atoms with Gasteiger partial charge in [-0.2, -0.15) is 0 Å². The number of carbonyl (C=O) groups is 2. The minimum Gasteiger partial charge on any atom is -0.381 e. The number of carbonyl (C=O) groups excluding carboxylic acids is 2. The van der Waals surface area contributed by atoms with Gasteiger partial charge in [0.15, 0.2) is 0 Å². The van der Waals surface area contributed by atoms with Gasteiger partial charge in [-0.05, 0) is 36.3 Å². The zero-order valence-electron chi connectivity index (χ0n) is 16.5. The van der Waals surface area contributed by atoms with Crippen LogP contribution in [0.25, 0.3) is 0 Å². The van der Waals surface area contributed by atoms with Gasteiger partial charge in [-0.3, -0.25) is 9.59 Å². The van der Waals surface area contributed by atoms with E-state index in [1.54, 1.807) is 12.1 Å². The van der Waals surface area contributed by atoms with E-state index in [1.807, 2.05) is 17.0 Å². The summed E-state index contributed by atoms with van der Waals surface area (Å²) in [7, 11) is 0. The molecule has 1 N–H and O–H groups in total. The van der Waals surface area contributed by atoms with Crippen molar-refractivity contribution >= 4 is 17.5 Å². The molecule has 0 aliphatic carbocycles. The lowest BCUT2D eigenvalue weighted by Gasteiger charge is -2.35. The molecule has 0 aromatic heterocycles. The zero-order valence-corrected chi connectivity index (χ0v) is 16.5. The van der Waals surface area contributed by atoms with E-state index < -0.39 is 0 Å². The van der Waals surface area contributed by atoms with Crippen molar-refractivity contribution in [1.82, 2.24) is 4.90 Å². The maximum atomic E-state index is 13.0. The van der Waals surface area contributed by atoms with Gasteiger partial charge in [-0.1, -0.05) is 39.8 Å². The Hall–Kier alpha value is -1.88. The van der Waals surface area contributed by atoms with Gasteiger partial charge in [0, 0.05) is 19.7 Å². The van der Waals surface area contributed by atoms with Crippen LogP contribution in [0.4, 0.5) is 5.69 Å². The summed E-state index contributed by atoms with van der Waals surface area (Å²) < 4.78 is 5.46. The molecular formula is C21H32N2O3. The van der Waals surface area contributed by atoms with Crippen LogP contribution in [0.2, 0.25) is 0 Å². The minimum atomic E-state index is -0.130. The molecule has 2 amide bonds. The van der Waals surface area contributed by atoms with Crippen molar-refractivity contribution in [2.24, 2.45) is 17.8 Å². The van der Waals surface area contributed by atoms with Crippen molar-refractivity contribution in [2.75, 3.05) is 31.6 Å². The molecule has 5 heteroatoms. The maximum Gasteiger partial charge on any atom is 0.255 e. The van der Waals surface area contributed by atoms with Crippen LogP contribution in [0.3, 0.4) is 0 Å². The molecule has 1 saturated heterocycles. The van der Waals surface area contributed by atoms with E-state index in [9.17, 15) is 9.59 Å². The summed E-state index contributed by atoms with van der Waals surface area (Å²) in [4.78, 5) is 27.1. The van der Waals surface area contributed by atoms with Crippen molar-refractivity contribution in [3.05, 3.63) is 29.8 Å². The average molecular weight is 360 g/mol. The molecule has 1 aromatic rings. The van der Waals surface area contributed by atoms with E-state index in [0.717, 1.165) is 19.5 Å². The van der Waals surface area contributed by atoms with Crippen molar-refractivity contribution in [2.45, 2.75) is 40.5 Å². The van der Waals surface area contributed by atoms with Crippen molar-refractivity contribution in [1.29, 1.82) is 0 Å². The SMILES string of the molecule is CC(C)COCCC(=O)Nc1ccccc1C(=O)N1CC(C)CC(C)C1. The normalized spacial score (nSPS) is 20.3. The number of nitrogens with zero attached hydrogens (tertiary/aromatic N) is 1. The van der Waals surface area contributed by atoms with Crippen molar-refractivity contribution in [3.63, 3.8) is 0 Å². The number of hydrogen-bond donors (Lipinski definition) is 1. The van der Waals surface area contributed by atoms with Crippen LogP contribution in [0.15, 0.2) is 24.3 Å². The molecule has 1 aliphatic rings. The second kappa shape index (κ2) is 9.72. The first-order valence-corrected chi connectivity index (χ1v) is 9.62. The summed E-state index contributed by atoms with van der Waals surface area (Å²) in [5.41, 5.74) is 1.14. The highest BCUT2D eigenvalue weighted by atomic mass is 16.5. The Morgan fingerprint density at radius 1 is 1.19 bits per heavy atom. The summed E-state index contributed by atoms with van der Waals surface area (Å²) >= 11 is 0. The van der Waals surface area contributed by atoms with Gasteiger partial charge >= 0.3 is 0 Å². The summed E-state index contributed by atoms with van der Waals surface area (Å²) in [6.45, 7) is 11.1. The van der Waals surface area contributed by atoms with Gasteiger partial charge in [-0.15, -0.1) is 0 Å². The number of amides is 2. The van der Waals surface area contributed by atoms with Crippen LogP contribution in [0, 0.1) is 17.8 Å². The first-order valence-electron chi connectivity index (χ1n) is 9.62. The Labute approximate surface area is 157 Å². The highest BCUT2D eigenvalue weighted by Gasteiger charge is 2.27. The number of hydrogen-bond acceptors (Lipinski definition) is 3. The van der Waals surface area contributed by atoms with Crippen LogP contribution in [0.1, 0.15) is 50.9 Å². The Morgan fingerprint density at radius 2 is 1.85 bits per heavy atom. The number of likely N-dealkylation sites (tertiary alicyclic amines) is 1. The summed E-state index contributed by atoms with van der Waals surface area (Å²) in [5.74, 6) is 1.32. The van der Waals surface area contributed by atoms with E-state index in [4.69, 9.17) is 4.74 Å². The molecule has 2 atom stereocenters. The second-order valence-electron chi connectivity index (χ2n) is 7.97. The molecule has 0 radical (unpaired) electrons. The molecule has 2 rings (SSSR count). The average Bonchev–Trinajstić information content (AvgIpc) is 2.57. The number of ether oxygens (including phenoxy) is 1. The molecular weight excluding hydrogens is 328 g/mol. The number of piperidine rings is 1. The summed E-state index contributed by atoms with van der Waals surface area (Å²) in [6, 6.07) is 7.25. The molecule has 0 saturated carbocycles. The zero-order chi connectivity index (χ0) is 19.1. The molecule has 1 heterocycles. The van der Waals surface area contributed by atoms with E-state index in [-0.39, 0.29) is 18.2 Å². The molecule has 5 nitrogen and oxygen atoms in total. The van der Waals surface area contributed by atoms with Gasteiger partial charge in [0.25, 0.3) is 5.91 Å². The van der Waals surface area contributed by atoms with Crippen LogP contribution >= 0.6 is 0 Å². The van der Waals surface area contributed by atoms with Crippen LogP contribution in [0.5, 0.6) is 0 Å². The van der Waals surface area contributed by atoms with E-state index in [0.29, 0.717) is 42.2 Å². The predicted molar refractivity (Wildman–Crippen MR) is 104 cm³/mol. The first kappa shape index (κ1) is 20.4. The number of nitrogens with one attached hydrogen (secondary N) is 1. The third-order valence-electron chi connectivity index (χ3n) is 4.51. The lowest BCUT2D eigenvalue weighted by atomic mass is 9.91. The minimum absolute atomic E-state index is 0.00430. The molecule has 26 heavy (non-hydrogen) atoms. The lowest BCUT2D eigenvalue weighted by molar-refractivity contribution is -0.117. The lowest BCUT2D eigenvalue weighted by Crippen LogP contribution is -2.42. The van der Waals surface area contributed by atoms with Gasteiger partial charge in [0.1, 0.15) is 0 Å². The second-order valence-corrected chi connectivity index (χ2v) is 7.97. The van der Waals surface area contributed by atoms with Crippen LogP contribution in [-0.4, -0.2) is 43.0 Å². The fraction of sp³-hybridized carbons (Fsp3) is 0.619. The van der Waals surface area contributed by atoms with Gasteiger partial charge < -0.3 is 15.0 Å². The smallest absolute Gasteiger partial charge is 0.255 e. The van der Waals surface area contributed by atoms with Gasteiger partial charge in [-0.25, -0.2) is 0 Å². The Kier molecular flexibility index (Phi) is 7.64. The Bertz CT molecular complexity index is 605. The predicted octanol–water partition coefficient (Wildman–Crippen LogP) is 3.81. The Morgan fingerprint density at radius 3 is 2.50 bits per heavy atom. The van der Waals surface area contributed by atoms with Crippen molar-refractivity contribution in [3.8, 4) is 0 Å². The number of benzene rings is 1. The first-order chi connectivity index (χ1) is 12.4. The van der Waals surface area contributed by atoms with E-state index >= 15 is 0 Å². The molecule has 144 valence electrons. The number of para-hydroxylation sites is 1. The highest BCUT2D eigenvalue weighted by molar-refractivity contribution is 6.03. The third kappa shape index (κ3) is 6.13. The monoisotopic (exact) mass is 360 g/mol. The van der Waals surface area contributed by atoms with Crippen molar-refractivity contribution < 1.29 is 14.3 Å². The van der Waals surface area contributed by atoms with E-state index in [1.165, 1.54) is 0 Å².